The van der Waals surface area contributed by atoms with Crippen LogP contribution in [0.1, 0.15) is 24.0 Å². The molecule has 2 heterocycles. The van der Waals surface area contributed by atoms with Gasteiger partial charge in [-0.3, -0.25) is 0 Å². The van der Waals surface area contributed by atoms with Gasteiger partial charge in [0.25, 0.3) is 0 Å². The molecule has 0 amide bonds. The Kier molecular flexibility index (Phi) is 3.81. The first-order valence-corrected chi connectivity index (χ1v) is 6.99. The number of benzene rings is 1. The number of rotatable bonds is 4. The average Bonchev–Trinajstić information content (AvgIpc) is 2.87. The predicted octanol–water partition coefficient (Wildman–Crippen LogP) is 1.93. The van der Waals surface area contributed by atoms with Gasteiger partial charge in [-0.05, 0) is 49.5 Å². The van der Waals surface area contributed by atoms with Crippen LogP contribution in [0.3, 0.4) is 0 Å². The van der Waals surface area contributed by atoms with E-state index in [1.807, 2.05) is 0 Å². The highest BCUT2D eigenvalue weighted by Gasteiger charge is 2.14. The Hall–Kier alpha value is -1.06. The summed E-state index contributed by atoms with van der Waals surface area (Å²) in [5, 5.41) is 3.36. The smallest absolute Gasteiger partial charge is 0.122 e. The molecule has 1 fully saturated rings. The fourth-order valence-electron chi connectivity index (χ4n) is 2.70. The first kappa shape index (κ1) is 12.0. The Morgan fingerprint density at radius 3 is 3.06 bits per heavy atom. The van der Waals surface area contributed by atoms with Gasteiger partial charge in [0.2, 0.25) is 0 Å². The molecule has 0 atom stereocenters. The van der Waals surface area contributed by atoms with Gasteiger partial charge in [0.1, 0.15) is 5.75 Å². The van der Waals surface area contributed by atoms with Crippen molar-refractivity contribution in [1.82, 2.24) is 5.32 Å². The van der Waals surface area contributed by atoms with Crippen molar-refractivity contribution < 1.29 is 9.47 Å². The van der Waals surface area contributed by atoms with E-state index in [1.54, 1.807) is 0 Å². The van der Waals surface area contributed by atoms with Crippen LogP contribution < -0.4 is 10.1 Å². The van der Waals surface area contributed by atoms with Crippen LogP contribution in [0.2, 0.25) is 0 Å². The molecule has 0 bridgehead atoms. The topological polar surface area (TPSA) is 30.5 Å². The summed E-state index contributed by atoms with van der Waals surface area (Å²) >= 11 is 0. The molecule has 2 aliphatic rings. The van der Waals surface area contributed by atoms with Gasteiger partial charge in [0.15, 0.2) is 0 Å². The normalized spacial score (nSPS) is 19.6. The highest BCUT2D eigenvalue weighted by Crippen LogP contribution is 2.26. The lowest BCUT2D eigenvalue weighted by atomic mass is 10.1. The lowest BCUT2D eigenvalue weighted by Gasteiger charge is -2.22. The van der Waals surface area contributed by atoms with Crippen molar-refractivity contribution in [3.05, 3.63) is 29.3 Å². The van der Waals surface area contributed by atoms with Gasteiger partial charge >= 0.3 is 0 Å². The van der Waals surface area contributed by atoms with Gasteiger partial charge in [-0.2, -0.15) is 0 Å². The molecule has 1 aromatic carbocycles. The standard InChI is InChI=1S/C15H21NO2/c1-2-15-13(6-10-18-15)11-12(1)5-9-17-14-3-7-16-8-4-14/h1-2,11,14,16H,3-10H2. The van der Waals surface area contributed by atoms with Crippen LogP contribution in [0.5, 0.6) is 5.75 Å². The summed E-state index contributed by atoms with van der Waals surface area (Å²) in [5.74, 6) is 1.07. The van der Waals surface area contributed by atoms with Crippen LogP contribution in [0, 0.1) is 0 Å². The predicted molar refractivity (Wildman–Crippen MR) is 71.2 cm³/mol. The van der Waals surface area contributed by atoms with Crippen LogP contribution in [-0.2, 0) is 17.6 Å². The van der Waals surface area contributed by atoms with Crippen molar-refractivity contribution in [3.63, 3.8) is 0 Å². The van der Waals surface area contributed by atoms with Gasteiger partial charge in [0.05, 0.1) is 19.3 Å². The zero-order valence-corrected chi connectivity index (χ0v) is 10.8. The van der Waals surface area contributed by atoms with Crippen LogP contribution in [0.15, 0.2) is 18.2 Å². The zero-order valence-electron chi connectivity index (χ0n) is 10.8. The molecule has 3 nitrogen and oxygen atoms in total. The minimum Gasteiger partial charge on any atom is -0.493 e. The maximum Gasteiger partial charge on any atom is 0.122 e. The SMILES string of the molecule is c1cc2c(cc1CCOC1CCNCC1)CCO2. The van der Waals surface area contributed by atoms with Crippen molar-refractivity contribution in [2.75, 3.05) is 26.3 Å². The second-order valence-corrected chi connectivity index (χ2v) is 5.11. The van der Waals surface area contributed by atoms with E-state index in [0.29, 0.717) is 6.10 Å². The third-order valence-corrected chi connectivity index (χ3v) is 3.78. The van der Waals surface area contributed by atoms with Crippen molar-refractivity contribution in [2.24, 2.45) is 0 Å². The largest absolute Gasteiger partial charge is 0.493 e. The van der Waals surface area contributed by atoms with Crippen LogP contribution in [0.25, 0.3) is 0 Å². The molecule has 1 N–H and O–H groups in total. The molecule has 0 aliphatic carbocycles. The molecule has 3 rings (SSSR count). The Bertz CT molecular complexity index is 399. The molecule has 1 aromatic rings. The molecule has 18 heavy (non-hydrogen) atoms. The third kappa shape index (κ3) is 2.85. The maximum atomic E-state index is 5.93. The molecule has 2 aliphatic heterocycles. The Labute approximate surface area is 108 Å². The summed E-state index contributed by atoms with van der Waals surface area (Å²) in [6.45, 7) is 3.87. The third-order valence-electron chi connectivity index (χ3n) is 3.78. The summed E-state index contributed by atoms with van der Waals surface area (Å²) in [6.07, 6.45) is 4.83. The quantitative estimate of drug-likeness (QED) is 0.882. The van der Waals surface area contributed by atoms with E-state index < -0.39 is 0 Å². The fourth-order valence-corrected chi connectivity index (χ4v) is 2.70. The van der Waals surface area contributed by atoms with E-state index >= 15 is 0 Å². The zero-order chi connectivity index (χ0) is 12.2. The van der Waals surface area contributed by atoms with E-state index in [1.165, 1.54) is 11.1 Å². The minimum absolute atomic E-state index is 0.462. The molecule has 0 saturated carbocycles. The van der Waals surface area contributed by atoms with Gasteiger partial charge < -0.3 is 14.8 Å². The molecule has 1 saturated heterocycles. The van der Waals surface area contributed by atoms with Crippen LogP contribution in [0.4, 0.5) is 0 Å². The summed E-state index contributed by atoms with van der Waals surface area (Å²) in [6, 6.07) is 6.53. The van der Waals surface area contributed by atoms with E-state index in [0.717, 1.165) is 57.7 Å². The highest BCUT2D eigenvalue weighted by molar-refractivity contribution is 5.39. The van der Waals surface area contributed by atoms with Gasteiger partial charge in [0, 0.05) is 6.42 Å². The van der Waals surface area contributed by atoms with Gasteiger partial charge in [-0.25, -0.2) is 0 Å². The van der Waals surface area contributed by atoms with Crippen molar-refractivity contribution in [3.8, 4) is 5.75 Å². The molecule has 98 valence electrons. The first-order chi connectivity index (χ1) is 8.92. The number of hydrogen-bond donors (Lipinski definition) is 1. The van der Waals surface area contributed by atoms with Crippen molar-refractivity contribution in [1.29, 1.82) is 0 Å². The molecule has 0 aromatic heterocycles. The molecule has 3 heteroatoms. The fraction of sp³-hybridized carbons (Fsp3) is 0.600. The summed E-state index contributed by atoms with van der Waals surface area (Å²) in [7, 11) is 0. The summed E-state index contributed by atoms with van der Waals surface area (Å²) in [4.78, 5) is 0. The second kappa shape index (κ2) is 5.72. The van der Waals surface area contributed by atoms with E-state index in [9.17, 15) is 0 Å². The molecule has 0 unspecified atom stereocenters. The molecular formula is C15H21NO2. The Morgan fingerprint density at radius 1 is 1.28 bits per heavy atom. The Balaban J connectivity index is 1.48. The number of hydrogen-bond acceptors (Lipinski definition) is 3. The van der Waals surface area contributed by atoms with Crippen LogP contribution >= 0.6 is 0 Å². The average molecular weight is 247 g/mol. The van der Waals surface area contributed by atoms with E-state index in [2.05, 4.69) is 23.5 Å². The van der Waals surface area contributed by atoms with Gasteiger partial charge in [-0.1, -0.05) is 12.1 Å². The van der Waals surface area contributed by atoms with Crippen LogP contribution in [-0.4, -0.2) is 32.4 Å². The maximum absolute atomic E-state index is 5.93. The number of piperidine rings is 1. The number of fused-ring (bicyclic) bond motifs is 1. The van der Waals surface area contributed by atoms with Gasteiger partial charge in [-0.15, -0.1) is 0 Å². The highest BCUT2D eigenvalue weighted by atomic mass is 16.5. The first-order valence-electron chi connectivity index (χ1n) is 6.99. The number of nitrogens with one attached hydrogen (secondary N) is 1. The summed E-state index contributed by atoms with van der Waals surface area (Å²) in [5.41, 5.74) is 2.72. The molecular weight excluding hydrogens is 226 g/mol. The Morgan fingerprint density at radius 2 is 2.17 bits per heavy atom. The number of ether oxygens (including phenoxy) is 2. The monoisotopic (exact) mass is 247 g/mol. The lowest BCUT2D eigenvalue weighted by molar-refractivity contribution is 0.0349. The summed E-state index contributed by atoms with van der Waals surface area (Å²) < 4.78 is 11.4. The van der Waals surface area contributed by atoms with E-state index in [4.69, 9.17) is 9.47 Å². The second-order valence-electron chi connectivity index (χ2n) is 5.11. The van der Waals surface area contributed by atoms with E-state index in [-0.39, 0.29) is 0 Å². The minimum atomic E-state index is 0.462. The molecule has 0 radical (unpaired) electrons. The van der Waals surface area contributed by atoms with Crippen molar-refractivity contribution >= 4 is 0 Å². The molecule has 0 spiro atoms. The lowest BCUT2D eigenvalue weighted by Crippen LogP contribution is -2.32. The van der Waals surface area contributed by atoms with Crippen molar-refractivity contribution in [2.45, 2.75) is 31.8 Å².